The normalized spacial score (nSPS) is 23.9. The minimum absolute atomic E-state index is 0.164. The number of hydrogen-bond acceptors (Lipinski definition) is 3. The van der Waals surface area contributed by atoms with Gasteiger partial charge in [-0.1, -0.05) is 15.9 Å². The van der Waals surface area contributed by atoms with E-state index in [2.05, 4.69) is 20.8 Å². The van der Waals surface area contributed by atoms with Crippen molar-refractivity contribution in [3.63, 3.8) is 0 Å². The van der Waals surface area contributed by atoms with Gasteiger partial charge in [0.2, 0.25) is 0 Å². The van der Waals surface area contributed by atoms with Gasteiger partial charge in [0.15, 0.2) is 0 Å². The monoisotopic (exact) mass is 318 g/mol. The van der Waals surface area contributed by atoms with Crippen LogP contribution in [-0.4, -0.2) is 58.5 Å². The SMILES string of the molecule is CC(C)(C)OC(=O)N1CCC(N2CC(Br)C2)CC1. The standard InChI is InChI=1S/C13H23BrN2O2/c1-13(2,3)18-12(17)15-6-4-11(5-7-15)16-8-10(14)9-16/h10-11H,4-9H2,1-3H3. The predicted octanol–water partition coefficient (Wildman–Crippen LogP) is 2.47. The Bertz CT molecular complexity index is 303. The summed E-state index contributed by atoms with van der Waals surface area (Å²) < 4.78 is 5.40. The molecule has 0 aliphatic carbocycles. The Morgan fingerprint density at radius 1 is 1.22 bits per heavy atom. The van der Waals surface area contributed by atoms with Gasteiger partial charge in [-0.05, 0) is 33.6 Å². The van der Waals surface area contributed by atoms with Gasteiger partial charge in [-0.2, -0.15) is 0 Å². The summed E-state index contributed by atoms with van der Waals surface area (Å²) in [5, 5.41) is 0. The van der Waals surface area contributed by atoms with E-state index in [0.29, 0.717) is 10.9 Å². The minimum Gasteiger partial charge on any atom is -0.444 e. The maximum atomic E-state index is 11.9. The molecule has 0 aromatic heterocycles. The van der Waals surface area contributed by atoms with Gasteiger partial charge in [0.25, 0.3) is 0 Å². The molecule has 0 atom stereocenters. The molecule has 0 saturated carbocycles. The molecule has 4 nitrogen and oxygen atoms in total. The number of carbonyl (C=O) groups is 1. The zero-order valence-electron chi connectivity index (χ0n) is 11.5. The van der Waals surface area contributed by atoms with Gasteiger partial charge < -0.3 is 9.64 Å². The first kappa shape index (κ1) is 14.1. The molecule has 2 aliphatic heterocycles. The number of likely N-dealkylation sites (tertiary alicyclic amines) is 2. The molecule has 5 heteroatoms. The Hall–Kier alpha value is -0.290. The second-order valence-electron chi connectivity index (χ2n) is 6.25. The fraction of sp³-hybridized carbons (Fsp3) is 0.923. The van der Waals surface area contributed by atoms with Gasteiger partial charge >= 0.3 is 6.09 Å². The van der Waals surface area contributed by atoms with Crippen LogP contribution in [0.3, 0.4) is 0 Å². The molecule has 2 rings (SSSR count). The number of halogens is 1. The summed E-state index contributed by atoms with van der Waals surface area (Å²) in [6.07, 6.45) is 1.97. The molecule has 0 aromatic carbocycles. The third-order valence-electron chi connectivity index (χ3n) is 3.50. The molecule has 18 heavy (non-hydrogen) atoms. The lowest BCUT2D eigenvalue weighted by Gasteiger charge is -2.45. The van der Waals surface area contributed by atoms with E-state index in [0.717, 1.165) is 39.0 Å². The quantitative estimate of drug-likeness (QED) is 0.696. The van der Waals surface area contributed by atoms with Crippen LogP contribution < -0.4 is 0 Å². The highest BCUT2D eigenvalue weighted by Crippen LogP contribution is 2.25. The Kier molecular flexibility index (Phi) is 4.22. The maximum absolute atomic E-state index is 11.9. The van der Waals surface area contributed by atoms with Crippen molar-refractivity contribution in [2.75, 3.05) is 26.2 Å². The summed E-state index contributed by atoms with van der Waals surface area (Å²) in [5.74, 6) is 0. The second kappa shape index (κ2) is 5.37. The van der Waals surface area contributed by atoms with Crippen LogP contribution in [0.1, 0.15) is 33.6 Å². The number of carbonyl (C=O) groups excluding carboxylic acids is 1. The van der Waals surface area contributed by atoms with E-state index < -0.39 is 5.60 Å². The highest BCUT2D eigenvalue weighted by atomic mass is 79.9. The predicted molar refractivity (Wildman–Crippen MR) is 75.1 cm³/mol. The Morgan fingerprint density at radius 3 is 2.22 bits per heavy atom. The third kappa shape index (κ3) is 3.60. The molecule has 2 heterocycles. The van der Waals surface area contributed by atoms with Crippen LogP contribution in [0.4, 0.5) is 4.79 Å². The first-order chi connectivity index (χ1) is 8.35. The van der Waals surface area contributed by atoms with E-state index >= 15 is 0 Å². The van der Waals surface area contributed by atoms with Crippen molar-refractivity contribution >= 4 is 22.0 Å². The van der Waals surface area contributed by atoms with E-state index in [1.807, 2.05) is 25.7 Å². The second-order valence-corrected chi connectivity index (χ2v) is 7.54. The average Bonchev–Trinajstić information content (AvgIpc) is 2.23. The number of alkyl halides is 1. The smallest absolute Gasteiger partial charge is 0.410 e. The van der Waals surface area contributed by atoms with Crippen LogP contribution in [0.15, 0.2) is 0 Å². The number of rotatable bonds is 1. The zero-order valence-corrected chi connectivity index (χ0v) is 13.1. The number of piperidine rings is 1. The number of hydrogen-bond donors (Lipinski definition) is 0. The van der Waals surface area contributed by atoms with Crippen molar-refractivity contribution in [2.45, 2.75) is 50.1 Å². The Balaban J connectivity index is 1.74. The van der Waals surface area contributed by atoms with Gasteiger partial charge in [-0.25, -0.2) is 4.79 Å². The van der Waals surface area contributed by atoms with Crippen LogP contribution in [0, 0.1) is 0 Å². The van der Waals surface area contributed by atoms with Crippen LogP contribution in [0.5, 0.6) is 0 Å². The van der Waals surface area contributed by atoms with Crippen LogP contribution >= 0.6 is 15.9 Å². The van der Waals surface area contributed by atoms with Crippen molar-refractivity contribution in [1.29, 1.82) is 0 Å². The number of ether oxygens (including phenoxy) is 1. The van der Waals surface area contributed by atoms with Crippen molar-refractivity contribution in [3.8, 4) is 0 Å². The third-order valence-corrected chi connectivity index (χ3v) is 4.08. The Morgan fingerprint density at radius 2 is 1.78 bits per heavy atom. The lowest BCUT2D eigenvalue weighted by atomic mass is 10.00. The van der Waals surface area contributed by atoms with Crippen LogP contribution in [-0.2, 0) is 4.74 Å². The average molecular weight is 319 g/mol. The minimum atomic E-state index is -0.394. The summed E-state index contributed by atoms with van der Waals surface area (Å²) in [5.41, 5.74) is -0.394. The van der Waals surface area contributed by atoms with E-state index in [9.17, 15) is 4.79 Å². The molecule has 2 fully saturated rings. The molecule has 0 N–H and O–H groups in total. The molecule has 2 saturated heterocycles. The lowest BCUT2D eigenvalue weighted by Crippen LogP contribution is -2.56. The van der Waals surface area contributed by atoms with Gasteiger partial charge in [-0.3, -0.25) is 4.90 Å². The number of nitrogens with zero attached hydrogens (tertiary/aromatic N) is 2. The van der Waals surface area contributed by atoms with Crippen LogP contribution in [0.25, 0.3) is 0 Å². The summed E-state index contributed by atoms with van der Waals surface area (Å²) in [6, 6.07) is 0.650. The molecule has 0 bridgehead atoms. The van der Waals surface area contributed by atoms with Gasteiger partial charge in [-0.15, -0.1) is 0 Å². The lowest BCUT2D eigenvalue weighted by molar-refractivity contribution is 0.0100. The fourth-order valence-corrected chi connectivity index (χ4v) is 3.24. The van der Waals surface area contributed by atoms with Crippen molar-refractivity contribution in [2.24, 2.45) is 0 Å². The van der Waals surface area contributed by atoms with E-state index in [4.69, 9.17) is 4.74 Å². The summed E-state index contributed by atoms with van der Waals surface area (Å²) in [7, 11) is 0. The fourth-order valence-electron chi connectivity index (χ4n) is 2.49. The molecule has 0 spiro atoms. The van der Waals surface area contributed by atoms with Crippen molar-refractivity contribution in [3.05, 3.63) is 0 Å². The molecule has 2 aliphatic rings. The van der Waals surface area contributed by atoms with Gasteiger partial charge in [0, 0.05) is 37.0 Å². The molecular weight excluding hydrogens is 296 g/mol. The van der Waals surface area contributed by atoms with Crippen molar-refractivity contribution in [1.82, 2.24) is 9.80 Å². The number of amides is 1. The first-order valence-corrected chi connectivity index (χ1v) is 7.63. The topological polar surface area (TPSA) is 32.8 Å². The largest absolute Gasteiger partial charge is 0.444 e. The van der Waals surface area contributed by atoms with Crippen LogP contribution in [0.2, 0.25) is 0 Å². The summed E-state index contributed by atoms with van der Waals surface area (Å²) in [6.45, 7) is 9.68. The zero-order chi connectivity index (χ0) is 13.3. The maximum Gasteiger partial charge on any atom is 0.410 e. The Labute approximate surface area is 118 Å². The van der Waals surface area contributed by atoms with E-state index in [-0.39, 0.29) is 6.09 Å². The summed E-state index contributed by atoms with van der Waals surface area (Å²) in [4.78, 5) is 16.9. The first-order valence-electron chi connectivity index (χ1n) is 6.71. The van der Waals surface area contributed by atoms with Gasteiger partial charge in [0.1, 0.15) is 5.60 Å². The van der Waals surface area contributed by atoms with E-state index in [1.54, 1.807) is 0 Å². The molecule has 0 radical (unpaired) electrons. The molecular formula is C13H23BrN2O2. The molecule has 1 amide bonds. The molecule has 104 valence electrons. The summed E-state index contributed by atoms with van der Waals surface area (Å²) >= 11 is 3.61. The van der Waals surface area contributed by atoms with Gasteiger partial charge in [0.05, 0.1) is 0 Å². The highest BCUT2D eigenvalue weighted by molar-refractivity contribution is 9.09. The van der Waals surface area contributed by atoms with E-state index in [1.165, 1.54) is 0 Å². The molecule has 0 aromatic rings. The van der Waals surface area contributed by atoms with Crippen molar-refractivity contribution < 1.29 is 9.53 Å². The molecule has 0 unspecified atom stereocenters. The highest BCUT2D eigenvalue weighted by Gasteiger charge is 2.34.